The van der Waals surface area contributed by atoms with Crippen LogP contribution in [0.25, 0.3) is 0 Å². The van der Waals surface area contributed by atoms with E-state index >= 15 is 0 Å². The number of nitrogens with zero attached hydrogens (tertiary/aromatic N) is 3. The third-order valence-electron chi connectivity index (χ3n) is 3.24. The SMILES string of the molecule is Cc1nn(C)c(C)c1C(=O)N(C)c1ccc(F)cc1. The highest BCUT2D eigenvalue weighted by atomic mass is 19.1. The number of hydrogen-bond donors (Lipinski definition) is 0. The molecule has 2 rings (SSSR count). The van der Waals surface area contributed by atoms with Gasteiger partial charge in [0.1, 0.15) is 5.82 Å². The minimum Gasteiger partial charge on any atom is -0.311 e. The summed E-state index contributed by atoms with van der Waals surface area (Å²) in [5, 5.41) is 4.23. The van der Waals surface area contributed by atoms with Crippen LogP contribution in [0.5, 0.6) is 0 Å². The number of carbonyl (C=O) groups excluding carboxylic acids is 1. The number of anilines is 1. The fraction of sp³-hybridized carbons (Fsp3) is 0.286. The minimum absolute atomic E-state index is 0.144. The summed E-state index contributed by atoms with van der Waals surface area (Å²) in [7, 11) is 3.47. The van der Waals surface area contributed by atoms with E-state index in [9.17, 15) is 9.18 Å². The van der Waals surface area contributed by atoms with Crippen LogP contribution in [0, 0.1) is 19.7 Å². The van der Waals surface area contributed by atoms with Crippen molar-refractivity contribution >= 4 is 11.6 Å². The molecule has 1 aromatic heterocycles. The Morgan fingerprint density at radius 3 is 2.32 bits per heavy atom. The number of benzene rings is 1. The highest BCUT2D eigenvalue weighted by Gasteiger charge is 2.21. The standard InChI is InChI=1S/C14H16FN3O/c1-9-13(10(2)18(4)16-9)14(19)17(3)12-7-5-11(15)6-8-12/h5-8H,1-4H3. The van der Waals surface area contributed by atoms with Crippen molar-refractivity contribution in [3.8, 4) is 0 Å². The fourth-order valence-corrected chi connectivity index (χ4v) is 2.03. The second kappa shape index (κ2) is 4.84. The summed E-state index contributed by atoms with van der Waals surface area (Å²) in [6, 6.07) is 5.83. The minimum atomic E-state index is -0.321. The van der Waals surface area contributed by atoms with Crippen LogP contribution in [0.1, 0.15) is 21.7 Å². The molecule has 19 heavy (non-hydrogen) atoms. The van der Waals surface area contributed by atoms with Crippen LogP contribution in [-0.2, 0) is 7.05 Å². The summed E-state index contributed by atoms with van der Waals surface area (Å²) in [6.45, 7) is 3.66. The number of aryl methyl sites for hydroxylation is 2. The first-order chi connectivity index (χ1) is 8.91. The van der Waals surface area contributed by atoms with Crippen molar-refractivity contribution in [3.05, 3.63) is 47.0 Å². The van der Waals surface area contributed by atoms with E-state index in [1.54, 1.807) is 37.8 Å². The maximum absolute atomic E-state index is 12.9. The summed E-state index contributed by atoms with van der Waals surface area (Å²) in [6.07, 6.45) is 0. The maximum atomic E-state index is 12.9. The average molecular weight is 261 g/mol. The molecule has 0 saturated carbocycles. The number of hydrogen-bond acceptors (Lipinski definition) is 2. The van der Waals surface area contributed by atoms with E-state index in [1.807, 2.05) is 6.92 Å². The van der Waals surface area contributed by atoms with Gasteiger partial charge in [0.25, 0.3) is 5.91 Å². The van der Waals surface area contributed by atoms with E-state index in [1.165, 1.54) is 17.0 Å². The smallest absolute Gasteiger partial charge is 0.261 e. The normalized spacial score (nSPS) is 10.6. The largest absolute Gasteiger partial charge is 0.311 e. The molecule has 1 amide bonds. The Kier molecular flexibility index (Phi) is 3.38. The predicted octanol–water partition coefficient (Wildman–Crippen LogP) is 2.45. The molecule has 0 aliphatic heterocycles. The molecule has 1 heterocycles. The Morgan fingerprint density at radius 1 is 1.26 bits per heavy atom. The topological polar surface area (TPSA) is 38.1 Å². The molecule has 4 nitrogen and oxygen atoms in total. The van der Waals surface area contributed by atoms with E-state index in [4.69, 9.17) is 0 Å². The van der Waals surface area contributed by atoms with Gasteiger partial charge in [0.2, 0.25) is 0 Å². The van der Waals surface area contributed by atoms with E-state index in [0.717, 1.165) is 5.69 Å². The van der Waals surface area contributed by atoms with Crippen molar-refractivity contribution in [2.24, 2.45) is 7.05 Å². The zero-order chi connectivity index (χ0) is 14.2. The molecular weight excluding hydrogens is 245 g/mol. The lowest BCUT2D eigenvalue weighted by Crippen LogP contribution is -2.27. The maximum Gasteiger partial charge on any atom is 0.261 e. The highest BCUT2D eigenvalue weighted by Crippen LogP contribution is 2.19. The van der Waals surface area contributed by atoms with Gasteiger partial charge in [-0.1, -0.05) is 0 Å². The molecule has 0 fully saturated rings. The Bertz CT molecular complexity index is 616. The third-order valence-corrected chi connectivity index (χ3v) is 3.24. The van der Waals surface area contributed by atoms with Gasteiger partial charge >= 0.3 is 0 Å². The number of halogens is 1. The van der Waals surface area contributed by atoms with Gasteiger partial charge in [-0.05, 0) is 38.1 Å². The average Bonchev–Trinajstić information content (AvgIpc) is 2.62. The summed E-state index contributed by atoms with van der Waals surface area (Å²) < 4.78 is 14.6. The van der Waals surface area contributed by atoms with Gasteiger partial charge in [-0.3, -0.25) is 9.48 Å². The van der Waals surface area contributed by atoms with Gasteiger partial charge in [-0.15, -0.1) is 0 Å². The lowest BCUT2D eigenvalue weighted by Gasteiger charge is -2.17. The molecule has 0 bridgehead atoms. The van der Waals surface area contributed by atoms with E-state index < -0.39 is 0 Å². The van der Waals surface area contributed by atoms with E-state index in [2.05, 4.69) is 5.10 Å². The van der Waals surface area contributed by atoms with Crippen molar-refractivity contribution in [3.63, 3.8) is 0 Å². The number of carbonyl (C=O) groups is 1. The molecule has 0 unspecified atom stereocenters. The fourth-order valence-electron chi connectivity index (χ4n) is 2.03. The monoisotopic (exact) mass is 261 g/mol. The Morgan fingerprint density at radius 2 is 1.84 bits per heavy atom. The molecule has 0 aliphatic rings. The Labute approximate surface area is 111 Å². The quantitative estimate of drug-likeness (QED) is 0.832. The predicted molar refractivity (Wildman–Crippen MR) is 71.8 cm³/mol. The van der Waals surface area contributed by atoms with Crippen LogP contribution >= 0.6 is 0 Å². The first kappa shape index (κ1) is 13.3. The Balaban J connectivity index is 2.36. The van der Waals surface area contributed by atoms with Gasteiger partial charge in [0.05, 0.1) is 11.3 Å². The van der Waals surface area contributed by atoms with Gasteiger partial charge in [0.15, 0.2) is 0 Å². The lowest BCUT2D eigenvalue weighted by atomic mass is 10.1. The molecular formula is C14H16FN3O. The number of aromatic nitrogens is 2. The molecule has 0 N–H and O–H groups in total. The summed E-state index contributed by atoms with van der Waals surface area (Å²) in [4.78, 5) is 14.0. The summed E-state index contributed by atoms with van der Waals surface area (Å²) >= 11 is 0. The van der Waals surface area contributed by atoms with Crippen LogP contribution in [0.2, 0.25) is 0 Å². The summed E-state index contributed by atoms with van der Waals surface area (Å²) in [5.41, 5.74) is 2.75. The molecule has 0 radical (unpaired) electrons. The molecule has 1 aromatic carbocycles. The van der Waals surface area contributed by atoms with Crippen molar-refractivity contribution in [1.82, 2.24) is 9.78 Å². The molecule has 0 spiro atoms. The van der Waals surface area contributed by atoms with Gasteiger partial charge in [0, 0.05) is 25.5 Å². The van der Waals surface area contributed by atoms with Crippen LogP contribution in [0.15, 0.2) is 24.3 Å². The van der Waals surface area contributed by atoms with Crippen LogP contribution in [0.3, 0.4) is 0 Å². The van der Waals surface area contributed by atoms with E-state index in [0.29, 0.717) is 16.9 Å². The second-order valence-electron chi connectivity index (χ2n) is 4.51. The van der Waals surface area contributed by atoms with Crippen LogP contribution in [0.4, 0.5) is 10.1 Å². The lowest BCUT2D eigenvalue weighted by molar-refractivity contribution is 0.0991. The highest BCUT2D eigenvalue weighted by molar-refractivity contribution is 6.07. The van der Waals surface area contributed by atoms with Crippen molar-refractivity contribution in [2.45, 2.75) is 13.8 Å². The zero-order valence-electron chi connectivity index (χ0n) is 11.4. The molecule has 2 aromatic rings. The molecule has 0 atom stereocenters. The third kappa shape index (κ3) is 2.36. The van der Waals surface area contributed by atoms with Crippen molar-refractivity contribution in [2.75, 3.05) is 11.9 Å². The number of rotatable bonds is 2. The van der Waals surface area contributed by atoms with Crippen molar-refractivity contribution < 1.29 is 9.18 Å². The van der Waals surface area contributed by atoms with Crippen LogP contribution in [-0.4, -0.2) is 22.7 Å². The second-order valence-corrected chi connectivity index (χ2v) is 4.51. The van der Waals surface area contributed by atoms with E-state index in [-0.39, 0.29) is 11.7 Å². The van der Waals surface area contributed by atoms with Gasteiger partial charge in [-0.2, -0.15) is 5.10 Å². The Hall–Kier alpha value is -2.17. The molecule has 5 heteroatoms. The van der Waals surface area contributed by atoms with Crippen LogP contribution < -0.4 is 4.90 Å². The number of amides is 1. The molecule has 100 valence electrons. The van der Waals surface area contributed by atoms with Gasteiger partial charge < -0.3 is 4.90 Å². The van der Waals surface area contributed by atoms with Gasteiger partial charge in [-0.25, -0.2) is 4.39 Å². The molecule has 0 aliphatic carbocycles. The molecule has 0 saturated heterocycles. The first-order valence-corrected chi connectivity index (χ1v) is 5.95. The first-order valence-electron chi connectivity index (χ1n) is 5.95. The summed E-state index contributed by atoms with van der Waals surface area (Å²) in [5.74, 6) is -0.465. The zero-order valence-corrected chi connectivity index (χ0v) is 11.4. The van der Waals surface area contributed by atoms with Crippen molar-refractivity contribution in [1.29, 1.82) is 0 Å².